The van der Waals surface area contributed by atoms with E-state index >= 15 is 0 Å². The number of nitrogens with one attached hydrogen (secondary N) is 1. The lowest BCUT2D eigenvalue weighted by Gasteiger charge is -2.34. The Morgan fingerprint density at radius 2 is 2.04 bits per heavy atom. The molecule has 24 heavy (non-hydrogen) atoms. The van der Waals surface area contributed by atoms with Gasteiger partial charge in [-0.1, -0.05) is 12.2 Å². The number of ether oxygens (including phenoxy) is 1. The monoisotopic (exact) mass is 331 g/mol. The second-order valence-electron chi connectivity index (χ2n) is 6.40. The molecule has 1 aromatic rings. The maximum atomic E-state index is 12.4. The first-order valence-electron chi connectivity index (χ1n) is 8.47. The number of nitrogens with zero attached hydrogens (tertiary/aromatic N) is 4. The van der Waals surface area contributed by atoms with Crippen LogP contribution in [0.4, 0.5) is 10.7 Å². The third-order valence-electron chi connectivity index (χ3n) is 4.62. The topological polar surface area (TPSA) is 70.6 Å². The third-order valence-corrected chi connectivity index (χ3v) is 4.62. The van der Waals surface area contributed by atoms with Crippen molar-refractivity contribution in [3.8, 4) is 0 Å². The van der Waals surface area contributed by atoms with Crippen LogP contribution in [0.1, 0.15) is 13.3 Å². The van der Waals surface area contributed by atoms with E-state index in [1.807, 2.05) is 11.8 Å². The number of amides is 2. The molecule has 2 saturated heterocycles. The summed E-state index contributed by atoms with van der Waals surface area (Å²) >= 11 is 0. The summed E-state index contributed by atoms with van der Waals surface area (Å²) in [5.41, 5.74) is 1.03. The van der Waals surface area contributed by atoms with Crippen LogP contribution >= 0.6 is 0 Å². The molecule has 2 fully saturated rings. The van der Waals surface area contributed by atoms with Crippen molar-refractivity contribution < 1.29 is 9.53 Å². The van der Waals surface area contributed by atoms with Gasteiger partial charge in [-0.3, -0.25) is 0 Å². The molecule has 0 radical (unpaired) electrons. The first kappa shape index (κ1) is 16.7. The van der Waals surface area contributed by atoms with Crippen molar-refractivity contribution in [3.63, 3.8) is 0 Å². The van der Waals surface area contributed by atoms with Crippen molar-refractivity contribution in [2.45, 2.75) is 19.4 Å². The number of aromatic nitrogens is 2. The lowest BCUT2D eigenvalue weighted by molar-refractivity contribution is 0.118. The molecule has 0 aromatic carbocycles. The molecule has 2 aliphatic rings. The normalized spacial score (nSPS) is 24.0. The van der Waals surface area contributed by atoms with E-state index in [1.54, 1.807) is 18.5 Å². The van der Waals surface area contributed by atoms with Gasteiger partial charge < -0.3 is 19.9 Å². The van der Waals surface area contributed by atoms with Crippen LogP contribution in [-0.4, -0.2) is 66.3 Å². The van der Waals surface area contributed by atoms with Gasteiger partial charge in [0.2, 0.25) is 5.95 Å². The van der Waals surface area contributed by atoms with Gasteiger partial charge in [-0.2, -0.15) is 0 Å². The summed E-state index contributed by atoms with van der Waals surface area (Å²) in [6.07, 6.45) is 4.51. The first-order chi connectivity index (χ1) is 11.6. The molecule has 130 valence electrons. The van der Waals surface area contributed by atoms with Crippen molar-refractivity contribution in [1.82, 2.24) is 20.2 Å². The molecular weight excluding hydrogens is 306 g/mol. The minimum atomic E-state index is -0.00371. The lowest BCUT2D eigenvalue weighted by atomic mass is 9.97. The van der Waals surface area contributed by atoms with E-state index in [2.05, 4.69) is 26.8 Å². The highest BCUT2D eigenvalue weighted by atomic mass is 16.5. The number of carbonyl (C=O) groups is 1. The Labute approximate surface area is 142 Å². The van der Waals surface area contributed by atoms with Crippen molar-refractivity contribution in [1.29, 1.82) is 0 Å². The van der Waals surface area contributed by atoms with Crippen LogP contribution in [0.15, 0.2) is 30.6 Å². The van der Waals surface area contributed by atoms with E-state index in [4.69, 9.17) is 4.74 Å². The number of anilines is 1. The maximum Gasteiger partial charge on any atom is 0.317 e. The zero-order valence-electron chi connectivity index (χ0n) is 14.1. The standard InChI is InChI=1S/C17H25N5O2/c1-13(2)15-14(4-11-24-15)12-20-17(23)22-9-7-21(8-10-22)16-18-5-3-6-19-16/h3,5-6,14-15H,1,4,7-12H2,2H3,(H,20,23)/t14-,15-/m1/s1. The van der Waals surface area contributed by atoms with Gasteiger partial charge in [0.05, 0.1) is 6.10 Å². The predicted molar refractivity (Wildman–Crippen MR) is 91.9 cm³/mol. The molecule has 1 N–H and O–H groups in total. The fraction of sp³-hybridized carbons (Fsp3) is 0.588. The van der Waals surface area contributed by atoms with E-state index in [-0.39, 0.29) is 12.1 Å². The molecule has 0 aliphatic carbocycles. The number of rotatable bonds is 4. The first-order valence-corrected chi connectivity index (χ1v) is 8.47. The van der Waals surface area contributed by atoms with Gasteiger partial charge in [-0.15, -0.1) is 0 Å². The van der Waals surface area contributed by atoms with Crippen molar-refractivity contribution in [2.75, 3.05) is 44.2 Å². The molecular formula is C17H25N5O2. The number of urea groups is 1. The smallest absolute Gasteiger partial charge is 0.317 e. The van der Waals surface area contributed by atoms with Gasteiger partial charge in [0, 0.05) is 57.6 Å². The Balaban J connectivity index is 1.45. The SMILES string of the molecule is C=C(C)[C@H]1OCC[C@@H]1CNC(=O)N1CCN(c2ncccn2)CC1. The largest absolute Gasteiger partial charge is 0.374 e. The van der Waals surface area contributed by atoms with Gasteiger partial charge in [0.25, 0.3) is 0 Å². The second kappa shape index (κ2) is 7.61. The number of hydrogen-bond acceptors (Lipinski definition) is 5. The lowest BCUT2D eigenvalue weighted by Crippen LogP contribution is -2.53. The van der Waals surface area contributed by atoms with Gasteiger partial charge >= 0.3 is 6.03 Å². The van der Waals surface area contributed by atoms with Gasteiger partial charge in [-0.25, -0.2) is 14.8 Å². The highest BCUT2D eigenvalue weighted by Crippen LogP contribution is 2.25. The van der Waals surface area contributed by atoms with E-state index in [0.717, 1.165) is 37.6 Å². The molecule has 0 bridgehead atoms. The summed E-state index contributed by atoms with van der Waals surface area (Å²) in [4.78, 5) is 24.9. The molecule has 7 heteroatoms. The summed E-state index contributed by atoms with van der Waals surface area (Å²) < 4.78 is 5.68. The third kappa shape index (κ3) is 3.84. The molecule has 3 rings (SSSR count). The minimum absolute atomic E-state index is 0.00371. The van der Waals surface area contributed by atoms with Crippen LogP contribution in [0.25, 0.3) is 0 Å². The summed E-state index contributed by atoms with van der Waals surface area (Å²) in [7, 11) is 0. The predicted octanol–water partition coefficient (Wildman–Crippen LogP) is 1.29. The van der Waals surface area contributed by atoms with Crippen LogP contribution in [0.3, 0.4) is 0 Å². The molecule has 1 aromatic heterocycles. The molecule has 7 nitrogen and oxygen atoms in total. The summed E-state index contributed by atoms with van der Waals surface area (Å²) in [5.74, 6) is 1.05. The van der Waals surface area contributed by atoms with Crippen molar-refractivity contribution in [2.24, 2.45) is 5.92 Å². The van der Waals surface area contributed by atoms with E-state index in [0.29, 0.717) is 25.6 Å². The van der Waals surface area contributed by atoms with E-state index < -0.39 is 0 Å². The van der Waals surface area contributed by atoms with Crippen LogP contribution < -0.4 is 10.2 Å². The van der Waals surface area contributed by atoms with E-state index in [9.17, 15) is 4.79 Å². The molecule has 3 heterocycles. The van der Waals surface area contributed by atoms with E-state index in [1.165, 1.54) is 0 Å². The Kier molecular flexibility index (Phi) is 5.30. The molecule has 2 atom stereocenters. The van der Waals surface area contributed by atoms with Crippen LogP contribution in [-0.2, 0) is 4.74 Å². The average Bonchev–Trinajstić information content (AvgIpc) is 3.09. The molecule has 0 saturated carbocycles. The minimum Gasteiger partial charge on any atom is -0.374 e. The number of piperazine rings is 1. The highest BCUT2D eigenvalue weighted by Gasteiger charge is 2.30. The molecule has 2 amide bonds. The van der Waals surface area contributed by atoms with Crippen LogP contribution in [0.5, 0.6) is 0 Å². The zero-order valence-corrected chi connectivity index (χ0v) is 14.1. The van der Waals surface area contributed by atoms with Gasteiger partial charge in [-0.05, 0) is 19.4 Å². The van der Waals surface area contributed by atoms with Crippen LogP contribution in [0, 0.1) is 5.92 Å². The zero-order chi connectivity index (χ0) is 16.9. The quantitative estimate of drug-likeness (QED) is 0.842. The Morgan fingerprint density at radius 1 is 1.33 bits per heavy atom. The Morgan fingerprint density at radius 3 is 2.71 bits per heavy atom. The highest BCUT2D eigenvalue weighted by molar-refractivity contribution is 5.74. The van der Waals surface area contributed by atoms with Gasteiger partial charge in [0.15, 0.2) is 0 Å². The summed E-state index contributed by atoms with van der Waals surface area (Å²) in [6, 6.07) is 1.80. The van der Waals surface area contributed by atoms with Gasteiger partial charge in [0.1, 0.15) is 0 Å². The molecule has 0 unspecified atom stereocenters. The summed E-state index contributed by atoms with van der Waals surface area (Å²) in [5, 5.41) is 3.05. The number of hydrogen-bond donors (Lipinski definition) is 1. The van der Waals surface area contributed by atoms with Crippen LogP contribution in [0.2, 0.25) is 0 Å². The maximum absolute atomic E-state index is 12.4. The second-order valence-corrected chi connectivity index (χ2v) is 6.40. The average molecular weight is 331 g/mol. The Bertz CT molecular complexity index is 572. The molecule has 2 aliphatic heterocycles. The Hall–Kier alpha value is -2.15. The van der Waals surface area contributed by atoms with Crippen molar-refractivity contribution >= 4 is 12.0 Å². The molecule has 0 spiro atoms. The fourth-order valence-electron chi connectivity index (χ4n) is 3.28. The summed E-state index contributed by atoms with van der Waals surface area (Å²) in [6.45, 7) is 10.2. The van der Waals surface area contributed by atoms with Crippen molar-refractivity contribution in [3.05, 3.63) is 30.6 Å². The fourth-order valence-corrected chi connectivity index (χ4v) is 3.28. The number of carbonyl (C=O) groups excluding carboxylic acids is 1.